The highest BCUT2D eigenvalue weighted by molar-refractivity contribution is 6.33. The Morgan fingerprint density at radius 1 is 1.06 bits per heavy atom. The first-order chi connectivity index (χ1) is 15.9. The fraction of sp³-hybridized carbons (Fsp3) is 0.520. The highest BCUT2D eigenvalue weighted by atomic mass is 35.5. The molecule has 0 atom stereocenters. The quantitative estimate of drug-likeness (QED) is 0.589. The maximum absolute atomic E-state index is 13.0. The first-order valence-corrected chi connectivity index (χ1v) is 12.2. The molecule has 0 N–H and O–H groups in total. The second-order valence-corrected chi connectivity index (χ2v) is 9.75. The van der Waals surface area contributed by atoms with Crippen LogP contribution in [0.3, 0.4) is 0 Å². The maximum Gasteiger partial charge on any atom is 0.242 e. The molecule has 1 aromatic heterocycles. The molecule has 0 bridgehead atoms. The zero-order chi connectivity index (χ0) is 23.4. The van der Waals surface area contributed by atoms with Gasteiger partial charge in [0.2, 0.25) is 11.8 Å². The zero-order valence-corrected chi connectivity index (χ0v) is 20.2. The number of carbonyl (C=O) groups is 2. The number of aromatic nitrogens is 2. The van der Waals surface area contributed by atoms with E-state index in [0.29, 0.717) is 43.7 Å². The van der Waals surface area contributed by atoms with Crippen LogP contribution in [-0.2, 0) is 9.59 Å². The third-order valence-corrected chi connectivity index (χ3v) is 6.63. The summed E-state index contributed by atoms with van der Waals surface area (Å²) in [5, 5.41) is 9.39. The molecule has 4 rings (SSSR count). The van der Waals surface area contributed by atoms with Crippen molar-refractivity contribution >= 4 is 29.2 Å². The summed E-state index contributed by atoms with van der Waals surface area (Å²) in [4.78, 5) is 31.4. The van der Waals surface area contributed by atoms with Gasteiger partial charge in [0, 0.05) is 44.2 Å². The fourth-order valence-corrected chi connectivity index (χ4v) is 4.26. The van der Waals surface area contributed by atoms with Crippen LogP contribution < -0.4 is 4.90 Å². The van der Waals surface area contributed by atoms with E-state index in [0.717, 1.165) is 36.3 Å². The minimum absolute atomic E-state index is 0.0348. The summed E-state index contributed by atoms with van der Waals surface area (Å²) in [6, 6.07) is 11.5. The summed E-state index contributed by atoms with van der Waals surface area (Å²) in [5.41, 5.74) is 1.59. The largest absolute Gasteiger partial charge is 0.352 e. The number of nitrogens with zero attached hydrogens (tertiary/aromatic N) is 5. The number of amides is 2. The Kier molecular flexibility index (Phi) is 7.48. The smallest absolute Gasteiger partial charge is 0.242 e. The van der Waals surface area contributed by atoms with Crippen molar-refractivity contribution in [2.75, 3.05) is 44.2 Å². The van der Waals surface area contributed by atoms with Gasteiger partial charge in [0.15, 0.2) is 5.82 Å². The number of piperazine rings is 1. The Bertz CT molecular complexity index is 969. The molecule has 0 spiro atoms. The highest BCUT2D eigenvalue weighted by Gasteiger charge is 2.35. The number of hydrogen-bond donors (Lipinski definition) is 0. The van der Waals surface area contributed by atoms with E-state index in [1.54, 1.807) is 4.90 Å². The molecule has 8 heteroatoms. The number of hydrogen-bond acceptors (Lipinski definition) is 5. The van der Waals surface area contributed by atoms with Crippen molar-refractivity contribution in [1.82, 2.24) is 20.0 Å². The minimum Gasteiger partial charge on any atom is -0.352 e. The first-order valence-electron chi connectivity index (χ1n) is 11.8. The van der Waals surface area contributed by atoms with E-state index in [2.05, 4.69) is 28.9 Å². The van der Waals surface area contributed by atoms with Gasteiger partial charge in [-0.1, -0.05) is 43.6 Å². The second-order valence-electron chi connectivity index (χ2n) is 9.34. The number of carbonyl (C=O) groups excluding carboxylic acids is 2. The lowest BCUT2D eigenvalue weighted by atomic mass is 10.1. The summed E-state index contributed by atoms with van der Waals surface area (Å²) in [6.45, 7) is 7.74. The first kappa shape index (κ1) is 23.5. The molecule has 1 aromatic carbocycles. The predicted octanol–water partition coefficient (Wildman–Crippen LogP) is 3.73. The Hall–Kier alpha value is -2.67. The lowest BCUT2D eigenvalue weighted by Gasteiger charge is -2.36. The molecule has 1 saturated heterocycles. The van der Waals surface area contributed by atoms with Crippen molar-refractivity contribution in [2.24, 2.45) is 11.8 Å². The third-order valence-electron chi connectivity index (χ3n) is 6.30. The minimum atomic E-state index is 0.0348. The second kappa shape index (κ2) is 10.5. The van der Waals surface area contributed by atoms with Crippen LogP contribution in [0.25, 0.3) is 11.3 Å². The predicted molar refractivity (Wildman–Crippen MR) is 130 cm³/mol. The normalized spacial score (nSPS) is 16.2. The van der Waals surface area contributed by atoms with Crippen LogP contribution >= 0.6 is 11.6 Å². The van der Waals surface area contributed by atoms with Gasteiger partial charge < -0.3 is 14.7 Å². The van der Waals surface area contributed by atoms with E-state index < -0.39 is 0 Å². The van der Waals surface area contributed by atoms with E-state index in [1.165, 1.54) is 0 Å². The van der Waals surface area contributed by atoms with Crippen molar-refractivity contribution in [3.05, 3.63) is 41.4 Å². The molecule has 0 radical (unpaired) electrons. The summed E-state index contributed by atoms with van der Waals surface area (Å²) < 4.78 is 0. The van der Waals surface area contributed by atoms with Gasteiger partial charge in [0.25, 0.3) is 0 Å². The molecule has 2 aromatic rings. The van der Waals surface area contributed by atoms with Crippen molar-refractivity contribution in [3.63, 3.8) is 0 Å². The van der Waals surface area contributed by atoms with Crippen LogP contribution in [0.4, 0.5) is 5.82 Å². The van der Waals surface area contributed by atoms with E-state index in [-0.39, 0.29) is 24.3 Å². The van der Waals surface area contributed by atoms with Gasteiger partial charge in [-0.2, -0.15) is 0 Å². The lowest BCUT2D eigenvalue weighted by molar-refractivity contribution is -0.141. The van der Waals surface area contributed by atoms with Crippen LogP contribution in [0, 0.1) is 11.8 Å². The van der Waals surface area contributed by atoms with Gasteiger partial charge in [0.1, 0.15) is 0 Å². The molecule has 1 aliphatic carbocycles. The Labute approximate surface area is 200 Å². The molecular weight excluding hydrogens is 438 g/mol. The molecule has 2 fully saturated rings. The van der Waals surface area contributed by atoms with Gasteiger partial charge in [-0.15, -0.1) is 10.2 Å². The Morgan fingerprint density at radius 2 is 1.79 bits per heavy atom. The Morgan fingerprint density at radius 3 is 2.39 bits per heavy atom. The van der Waals surface area contributed by atoms with Gasteiger partial charge in [-0.3, -0.25) is 9.59 Å². The third kappa shape index (κ3) is 6.02. The van der Waals surface area contributed by atoms with Gasteiger partial charge in [-0.25, -0.2) is 0 Å². The summed E-state index contributed by atoms with van der Waals surface area (Å²) in [6.07, 6.45) is 2.84. The summed E-state index contributed by atoms with van der Waals surface area (Å²) >= 11 is 6.26. The molecule has 1 aliphatic heterocycles. The van der Waals surface area contributed by atoms with Crippen LogP contribution in [0.5, 0.6) is 0 Å². The molecule has 1 saturated carbocycles. The summed E-state index contributed by atoms with van der Waals surface area (Å²) in [7, 11) is 0. The van der Waals surface area contributed by atoms with Crippen molar-refractivity contribution in [3.8, 4) is 11.3 Å². The van der Waals surface area contributed by atoms with Crippen molar-refractivity contribution in [2.45, 2.75) is 33.1 Å². The molecule has 0 unspecified atom stereocenters. The molecule has 2 heterocycles. The van der Waals surface area contributed by atoms with E-state index in [1.807, 2.05) is 41.3 Å². The van der Waals surface area contributed by atoms with E-state index in [4.69, 9.17) is 11.6 Å². The van der Waals surface area contributed by atoms with Gasteiger partial charge in [0.05, 0.1) is 17.3 Å². The zero-order valence-electron chi connectivity index (χ0n) is 19.4. The van der Waals surface area contributed by atoms with Crippen LogP contribution in [0.2, 0.25) is 5.02 Å². The Balaban J connectivity index is 1.31. The van der Waals surface area contributed by atoms with E-state index in [9.17, 15) is 9.59 Å². The monoisotopic (exact) mass is 469 g/mol. The summed E-state index contributed by atoms with van der Waals surface area (Å²) in [5.74, 6) is 1.61. The lowest BCUT2D eigenvalue weighted by Crippen LogP contribution is -2.52. The SMILES string of the molecule is CC(C)CCN(CC(=O)N1CCN(c2ccc(-c3ccccc3Cl)nn2)CC1)C(=O)C1CC1. The van der Waals surface area contributed by atoms with Crippen molar-refractivity contribution < 1.29 is 9.59 Å². The molecule has 2 aliphatic rings. The standard InChI is InChI=1S/C25H32ClN5O2/c1-18(2)11-12-31(25(33)19-7-8-19)17-24(32)30-15-13-29(14-16-30)23-10-9-22(27-28-23)20-5-3-4-6-21(20)26/h3-6,9-10,18-19H,7-8,11-17H2,1-2H3. The molecule has 7 nitrogen and oxygen atoms in total. The fourth-order valence-electron chi connectivity index (χ4n) is 4.02. The molecule has 176 valence electrons. The number of halogens is 1. The number of rotatable bonds is 8. The van der Waals surface area contributed by atoms with Crippen LogP contribution in [0.15, 0.2) is 36.4 Å². The molecule has 2 amide bonds. The van der Waals surface area contributed by atoms with Crippen LogP contribution in [-0.4, -0.2) is 71.1 Å². The maximum atomic E-state index is 13.0. The average Bonchev–Trinajstić information content (AvgIpc) is 3.67. The van der Waals surface area contributed by atoms with Crippen molar-refractivity contribution in [1.29, 1.82) is 0 Å². The number of benzene rings is 1. The topological polar surface area (TPSA) is 69.6 Å². The van der Waals surface area contributed by atoms with E-state index >= 15 is 0 Å². The molecule has 33 heavy (non-hydrogen) atoms. The average molecular weight is 470 g/mol. The van der Waals surface area contributed by atoms with Crippen LogP contribution in [0.1, 0.15) is 33.1 Å². The number of anilines is 1. The van der Waals surface area contributed by atoms with Gasteiger partial charge in [-0.05, 0) is 43.4 Å². The van der Waals surface area contributed by atoms with Gasteiger partial charge >= 0.3 is 0 Å². The molecular formula is C25H32ClN5O2. The highest BCUT2D eigenvalue weighted by Crippen LogP contribution is 2.31.